The van der Waals surface area contributed by atoms with E-state index in [9.17, 15) is 43.2 Å². The molecule has 0 bridgehead atoms. The van der Waals surface area contributed by atoms with Gasteiger partial charge in [-0.25, -0.2) is 9.13 Å². The Labute approximate surface area is 575 Å². The summed E-state index contributed by atoms with van der Waals surface area (Å²) in [5, 5.41) is 10.6. The van der Waals surface area contributed by atoms with Gasteiger partial charge in [0.15, 0.2) is 12.2 Å². The molecule has 0 fully saturated rings. The van der Waals surface area contributed by atoms with Gasteiger partial charge in [0.25, 0.3) is 0 Å². The number of aliphatic hydroxyl groups is 1. The van der Waals surface area contributed by atoms with Crippen LogP contribution in [0.1, 0.15) is 382 Å². The van der Waals surface area contributed by atoms with Crippen molar-refractivity contribution in [3.63, 3.8) is 0 Å². The fourth-order valence-electron chi connectivity index (χ4n) is 11.4. The molecule has 558 valence electrons. The number of esters is 4. The van der Waals surface area contributed by atoms with Gasteiger partial charge in [-0.3, -0.25) is 37.3 Å². The van der Waals surface area contributed by atoms with E-state index in [1.54, 1.807) is 0 Å². The van der Waals surface area contributed by atoms with Crippen molar-refractivity contribution in [2.45, 2.75) is 401 Å². The highest BCUT2D eigenvalue weighted by Gasteiger charge is 2.30. The molecule has 17 nitrogen and oxygen atoms in total. The van der Waals surface area contributed by atoms with E-state index in [1.165, 1.54) is 186 Å². The number of aliphatic hydroxyl groups excluding tert-OH is 1. The summed E-state index contributed by atoms with van der Waals surface area (Å²) in [6.45, 7) is 11.8. The predicted molar refractivity (Wildman–Crippen MR) is 381 cm³/mol. The lowest BCUT2D eigenvalue weighted by Gasteiger charge is -2.21. The first kappa shape index (κ1) is 92.1. The molecular formula is C75H146O17P2. The molecule has 2 unspecified atom stereocenters. The van der Waals surface area contributed by atoms with Crippen LogP contribution in [-0.2, 0) is 65.4 Å². The summed E-state index contributed by atoms with van der Waals surface area (Å²) >= 11 is 0. The molecule has 0 aromatic rings. The zero-order valence-electron chi connectivity index (χ0n) is 61.4. The molecule has 0 spiro atoms. The van der Waals surface area contributed by atoms with Gasteiger partial charge in [0.1, 0.15) is 19.3 Å². The molecule has 0 rings (SSSR count). The number of hydrogen-bond donors (Lipinski definition) is 3. The lowest BCUT2D eigenvalue weighted by molar-refractivity contribution is -0.161. The third-order valence-corrected chi connectivity index (χ3v) is 19.3. The summed E-state index contributed by atoms with van der Waals surface area (Å²) in [5.74, 6) is 0.0986. The second-order valence-electron chi connectivity index (χ2n) is 28.5. The Hall–Kier alpha value is -1.94. The van der Waals surface area contributed by atoms with E-state index < -0.39 is 97.5 Å². The highest BCUT2D eigenvalue weighted by Crippen LogP contribution is 2.45. The van der Waals surface area contributed by atoms with Crippen LogP contribution in [0.5, 0.6) is 0 Å². The van der Waals surface area contributed by atoms with Crippen molar-refractivity contribution < 1.29 is 80.2 Å². The van der Waals surface area contributed by atoms with Crippen molar-refractivity contribution in [3.05, 3.63) is 0 Å². The minimum absolute atomic E-state index is 0.103. The summed E-state index contributed by atoms with van der Waals surface area (Å²) in [5.41, 5.74) is 0. The van der Waals surface area contributed by atoms with Gasteiger partial charge >= 0.3 is 39.5 Å². The number of ether oxygens (including phenoxy) is 4. The van der Waals surface area contributed by atoms with Crippen molar-refractivity contribution in [1.82, 2.24) is 0 Å². The number of phosphoric ester groups is 2. The van der Waals surface area contributed by atoms with Crippen LogP contribution >= 0.6 is 15.6 Å². The lowest BCUT2D eigenvalue weighted by atomic mass is 10.0. The van der Waals surface area contributed by atoms with E-state index in [1.807, 2.05) is 0 Å². The monoisotopic (exact) mass is 1380 g/mol. The summed E-state index contributed by atoms with van der Waals surface area (Å²) in [7, 11) is -9.91. The summed E-state index contributed by atoms with van der Waals surface area (Å²) in [6.07, 6.45) is 51.6. The molecule has 5 atom stereocenters. The van der Waals surface area contributed by atoms with Crippen molar-refractivity contribution in [2.75, 3.05) is 39.6 Å². The second-order valence-corrected chi connectivity index (χ2v) is 31.4. The molecule has 0 saturated heterocycles. The van der Waals surface area contributed by atoms with Crippen LogP contribution in [0, 0.1) is 17.8 Å². The molecule has 0 aliphatic rings. The molecule has 0 saturated carbocycles. The first-order valence-electron chi connectivity index (χ1n) is 38.8. The number of hydrogen-bond acceptors (Lipinski definition) is 15. The molecule has 19 heteroatoms. The van der Waals surface area contributed by atoms with Crippen LogP contribution in [-0.4, -0.2) is 96.7 Å². The Morgan fingerprint density at radius 2 is 0.489 bits per heavy atom. The topological polar surface area (TPSA) is 237 Å². The van der Waals surface area contributed by atoms with Crippen LogP contribution in [0.3, 0.4) is 0 Å². The van der Waals surface area contributed by atoms with Gasteiger partial charge in [-0.05, 0) is 43.4 Å². The third-order valence-electron chi connectivity index (χ3n) is 17.4. The average Bonchev–Trinajstić information content (AvgIpc) is 1.18. The van der Waals surface area contributed by atoms with Crippen LogP contribution in [0.25, 0.3) is 0 Å². The molecule has 3 N–H and O–H groups in total. The van der Waals surface area contributed by atoms with Gasteiger partial charge in [-0.1, -0.05) is 331 Å². The maximum absolute atomic E-state index is 13.1. The summed E-state index contributed by atoms with van der Waals surface area (Å²) in [6, 6.07) is 0. The molecule has 0 amide bonds. The van der Waals surface area contributed by atoms with E-state index in [4.69, 9.17) is 37.0 Å². The van der Waals surface area contributed by atoms with Crippen molar-refractivity contribution in [3.8, 4) is 0 Å². The van der Waals surface area contributed by atoms with Gasteiger partial charge in [0, 0.05) is 25.7 Å². The quantitative estimate of drug-likeness (QED) is 0.0222. The summed E-state index contributed by atoms with van der Waals surface area (Å²) < 4.78 is 68.4. The Morgan fingerprint density at radius 3 is 0.723 bits per heavy atom. The number of rotatable bonds is 73. The van der Waals surface area contributed by atoms with Crippen molar-refractivity contribution >= 4 is 39.5 Å². The molecule has 0 heterocycles. The largest absolute Gasteiger partial charge is 0.472 e. The zero-order chi connectivity index (χ0) is 69.4. The Bertz CT molecular complexity index is 1840. The Morgan fingerprint density at radius 1 is 0.287 bits per heavy atom. The van der Waals surface area contributed by atoms with Gasteiger partial charge in [0.05, 0.1) is 26.4 Å². The van der Waals surface area contributed by atoms with Gasteiger partial charge < -0.3 is 33.8 Å². The predicted octanol–water partition coefficient (Wildman–Crippen LogP) is 21.8. The van der Waals surface area contributed by atoms with Crippen LogP contribution in [0.4, 0.5) is 0 Å². The maximum Gasteiger partial charge on any atom is 0.472 e. The highest BCUT2D eigenvalue weighted by molar-refractivity contribution is 7.47. The number of phosphoric acid groups is 2. The number of carbonyl (C=O) groups excluding carboxylic acids is 4. The third kappa shape index (κ3) is 68.6. The highest BCUT2D eigenvalue weighted by atomic mass is 31.2. The van der Waals surface area contributed by atoms with Gasteiger partial charge in [0.2, 0.25) is 0 Å². The van der Waals surface area contributed by atoms with Crippen molar-refractivity contribution in [1.29, 1.82) is 0 Å². The van der Waals surface area contributed by atoms with E-state index in [2.05, 4.69) is 48.5 Å². The molecular weight excluding hydrogens is 1230 g/mol. The molecule has 0 aliphatic carbocycles. The van der Waals surface area contributed by atoms with E-state index in [0.717, 1.165) is 102 Å². The van der Waals surface area contributed by atoms with Crippen molar-refractivity contribution in [2.24, 2.45) is 17.8 Å². The minimum atomic E-state index is -4.96. The molecule has 94 heavy (non-hydrogen) atoms. The van der Waals surface area contributed by atoms with Gasteiger partial charge in [-0.15, -0.1) is 0 Å². The SMILES string of the molecule is CCCCCCCCCCCCCCCC(=O)OC[C@H](COP(=O)(O)OC[C@@H](O)COP(=O)(O)OC[C@@H](COC(=O)CCCCCCCCCC(C)C)OC(=O)CCCCCCCCCC(C)C)OC(=O)CCCCCCCCCCCCCCCCCCCCC(C)C. The first-order valence-corrected chi connectivity index (χ1v) is 41.8. The lowest BCUT2D eigenvalue weighted by Crippen LogP contribution is -2.30. The first-order chi connectivity index (χ1) is 45.2. The Balaban J connectivity index is 5.19. The minimum Gasteiger partial charge on any atom is -0.462 e. The van der Waals surface area contributed by atoms with Crippen LogP contribution < -0.4 is 0 Å². The average molecular weight is 1380 g/mol. The van der Waals surface area contributed by atoms with Crippen LogP contribution in [0.2, 0.25) is 0 Å². The van der Waals surface area contributed by atoms with Gasteiger partial charge in [-0.2, -0.15) is 0 Å². The smallest absolute Gasteiger partial charge is 0.462 e. The maximum atomic E-state index is 13.1. The second kappa shape index (κ2) is 65.7. The fourth-order valence-corrected chi connectivity index (χ4v) is 13.0. The molecule has 0 aromatic carbocycles. The molecule has 0 radical (unpaired) electrons. The summed E-state index contributed by atoms with van der Waals surface area (Å²) in [4.78, 5) is 72.7. The zero-order valence-corrected chi connectivity index (χ0v) is 63.2. The number of unbranched alkanes of at least 4 members (excludes halogenated alkanes) is 41. The van der Waals surface area contributed by atoms with E-state index in [0.29, 0.717) is 37.5 Å². The fraction of sp³-hybridized carbons (Fsp3) is 0.947. The Kier molecular flexibility index (Phi) is 64.3. The van der Waals surface area contributed by atoms with E-state index >= 15 is 0 Å². The molecule has 0 aliphatic heterocycles. The molecule has 0 aromatic heterocycles. The number of carbonyl (C=O) groups is 4. The normalized spacial score (nSPS) is 14.1. The van der Waals surface area contributed by atoms with Crippen LogP contribution in [0.15, 0.2) is 0 Å². The van der Waals surface area contributed by atoms with E-state index in [-0.39, 0.29) is 25.7 Å². The standard InChI is InChI=1S/C75H146O17P2/c1-8-9-10-11-12-13-14-21-25-28-35-42-49-56-72(77)85-62-70(91-74(79)58-51-44-36-29-26-23-20-18-16-15-17-19-22-24-27-32-39-46-53-66(2)3)64-89-93(81,82)87-60-69(76)61-88-94(83,84)90-65-71(92-75(80)59-52-45-38-31-34-41-48-55-68(6)7)63-86-73(78)57-50-43-37-30-33-40-47-54-67(4)5/h66-71,76H,8-65H2,1-7H3,(H,81,82)(H,83,84)/t69-,70-,71-/m1/s1.